The Balaban J connectivity index is 1.55. The van der Waals surface area contributed by atoms with Crippen LogP contribution in [0, 0.1) is 11.8 Å². The summed E-state index contributed by atoms with van der Waals surface area (Å²) in [6.45, 7) is 0. The van der Waals surface area contributed by atoms with Crippen LogP contribution in [0.25, 0.3) is 0 Å². The molecule has 0 aromatic heterocycles. The second kappa shape index (κ2) is 4.14. The summed E-state index contributed by atoms with van der Waals surface area (Å²) in [5.41, 5.74) is -0.998. The number of hydrogen-bond acceptors (Lipinski definition) is 2. The molecule has 0 atom stereocenters. The second-order valence-electron chi connectivity index (χ2n) is 6.04. The Kier molecular flexibility index (Phi) is 2.72. The molecule has 3 N–H and O–H groups in total. The number of carboxylic acids is 1. The fraction of sp³-hybridized carbons (Fsp3) is 0.846. The summed E-state index contributed by atoms with van der Waals surface area (Å²) < 4.78 is 0. The van der Waals surface area contributed by atoms with Gasteiger partial charge in [0, 0.05) is 6.04 Å². The Hall–Kier alpha value is -1.26. The van der Waals surface area contributed by atoms with E-state index in [9.17, 15) is 9.59 Å². The molecule has 3 fully saturated rings. The fourth-order valence-electron chi connectivity index (χ4n) is 2.86. The van der Waals surface area contributed by atoms with E-state index >= 15 is 0 Å². The van der Waals surface area contributed by atoms with Gasteiger partial charge in [-0.15, -0.1) is 0 Å². The van der Waals surface area contributed by atoms with Gasteiger partial charge >= 0.3 is 12.0 Å². The third kappa shape index (κ3) is 2.18. The maximum atomic E-state index is 11.9. The maximum absolute atomic E-state index is 11.9. The third-order valence-electron chi connectivity index (χ3n) is 4.53. The molecule has 0 saturated heterocycles. The van der Waals surface area contributed by atoms with Crippen LogP contribution < -0.4 is 10.6 Å². The van der Waals surface area contributed by atoms with Gasteiger partial charge in [0.2, 0.25) is 0 Å². The van der Waals surface area contributed by atoms with Crippen molar-refractivity contribution in [1.82, 2.24) is 10.6 Å². The van der Waals surface area contributed by atoms with Gasteiger partial charge in [-0.3, -0.25) is 0 Å². The molecule has 5 nitrogen and oxygen atoms in total. The molecule has 0 aliphatic heterocycles. The molecule has 3 saturated carbocycles. The first-order valence-corrected chi connectivity index (χ1v) is 6.93. The van der Waals surface area contributed by atoms with Crippen molar-refractivity contribution in [3.8, 4) is 0 Å². The normalized spacial score (nSPS) is 25.4. The lowest BCUT2D eigenvalue weighted by atomic mass is 9.77. The van der Waals surface area contributed by atoms with Crippen molar-refractivity contribution in [3.05, 3.63) is 0 Å². The molecule has 0 heterocycles. The first-order chi connectivity index (χ1) is 8.61. The third-order valence-corrected chi connectivity index (χ3v) is 4.53. The van der Waals surface area contributed by atoms with E-state index in [0.717, 1.165) is 6.42 Å². The zero-order valence-electron chi connectivity index (χ0n) is 10.4. The minimum Gasteiger partial charge on any atom is -0.480 e. The minimum absolute atomic E-state index is 0.274. The SMILES string of the molecule is O=C(NC(C1CC1)C1CC1)NC1(C(=O)O)CCC1. The van der Waals surface area contributed by atoms with Gasteiger partial charge in [-0.2, -0.15) is 0 Å². The smallest absolute Gasteiger partial charge is 0.329 e. The van der Waals surface area contributed by atoms with E-state index in [0.29, 0.717) is 24.7 Å². The largest absolute Gasteiger partial charge is 0.480 e. The highest BCUT2D eigenvalue weighted by Gasteiger charge is 2.47. The number of hydrogen-bond donors (Lipinski definition) is 3. The lowest BCUT2D eigenvalue weighted by Gasteiger charge is -2.38. The molecule has 0 aromatic rings. The molecule has 0 bridgehead atoms. The van der Waals surface area contributed by atoms with Crippen LogP contribution in [-0.4, -0.2) is 28.7 Å². The summed E-state index contributed by atoms with van der Waals surface area (Å²) in [5, 5.41) is 14.8. The van der Waals surface area contributed by atoms with E-state index in [2.05, 4.69) is 10.6 Å². The summed E-state index contributed by atoms with van der Waals surface area (Å²) >= 11 is 0. The highest BCUT2D eigenvalue weighted by molar-refractivity contribution is 5.87. The predicted molar refractivity (Wildman–Crippen MR) is 65.1 cm³/mol. The van der Waals surface area contributed by atoms with Gasteiger partial charge in [0.05, 0.1) is 0 Å². The molecule has 3 rings (SSSR count). The first-order valence-electron chi connectivity index (χ1n) is 6.93. The quantitative estimate of drug-likeness (QED) is 0.693. The fourth-order valence-corrected chi connectivity index (χ4v) is 2.86. The van der Waals surface area contributed by atoms with Crippen LogP contribution in [0.5, 0.6) is 0 Å². The zero-order chi connectivity index (χ0) is 12.8. The summed E-state index contributed by atoms with van der Waals surface area (Å²) in [4.78, 5) is 23.1. The van der Waals surface area contributed by atoms with E-state index in [1.807, 2.05) is 0 Å². The number of nitrogens with one attached hydrogen (secondary N) is 2. The molecule has 5 heteroatoms. The van der Waals surface area contributed by atoms with E-state index in [-0.39, 0.29) is 12.1 Å². The Morgan fingerprint density at radius 2 is 1.67 bits per heavy atom. The van der Waals surface area contributed by atoms with Crippen molar-refractivity contribution >= 4 is 12.0 Å². The van der Waals surface area contributed by atoms with E-state index in [1.165, 1.54) is 25.7 Å². The number of urea groups is 1. The Labute approximate surface area is 106 Å². The first kappa shape index (κ1) is 11.8. The van der Waals surface area contributed by atoms with E-state index < -0.39 is 11.5 Å². The number of amides is 2. The van der Waals surface area contributed by atoms with Gasteiger partial charge in [-0.1, -0.05) is 0 Å². The summed E-state index contributed by atoms with van der Waals surface area (Å²) in [6.07, 6.45) is 6.77. The Morgan fingerprint density at radius 1 is 1.11 bits per heavy atom. The molecule has 0 aromatic carbocycles. The zero-order valence-corrected chi connectivity index (χ0v) is 10.4. The highest BCUT2D eigenvalue weighted by atomic mass is 16.4. The van der Waals surface area contributed by atoms with Crippen LogP contribution in [0.2, 0.25) is 0 Å². The summed E-state index contributed by atoms with van der Waals surface area (Å²) in [7, 11) is 0. The monoisotopic (exact) mass is 252 g/mol. The van der Waals surface area contributed by atoms with Gasteiger partial charge < -0.3 is 15.7 Å². The van der Waals surface area contributed by atoms with Crippen LogP contribution in [-0.2, 0) is 4.79 Å². The van der Waals surface area contributed by atoms with Gasteiger partial charge in [0.15, 0.2) is 0 Å². The summed E-state index contributed by atoms with van der Waals surface area (Å²) in [5.74, 6) is 0.356. The van der Waals surface area contributed by atoms with Crippen molar-refractivity contribution in [2.24, 2.45) is 11.8 Å². The van der Waals surface area contributed by atoms with Crippen LogP contribution in [0.15, 0.2) is 0 Å². The number of aliphatic carboxylic acids is 1. The molecule has 0 spiro atoms. The predicted octanol–water partition coefficient (Wildman–Crippen LogP) is 1.48. The van der Waals surface area contributed by atoms with Crippen molar-refractivity contribution in [2.45, 2.75) is 56.5 Å². The van der Waals surface area contributed by atoms with Crippen molar-refractivity contribution in [2.75, 3.05) is 0 Å². The number of carbonyl (C=O) groups is 2. The molecular weight excluding hydrogens is 232 g/mol. The van der Waals surface area contributed by atoms with Gasteiger partial charge in [0.25, 0.3) is 0 Å². The average Bonchev–Trinajstić information content (AvgIpc) is 3.13. The Morgan fingerprint density at radius 3 is 2.00 bits per heavy atom. The topological polar surface area (TPSA) is 78.4 Å². The van der Waals surface area contributed by atoms with E-state index in [4.69, 9.17) is 5.11 Å². The van der Waals surface area contributed by atoms with E-state index in [1.54, 1.807) is 0 Å². The molecule has 100 valence electrons. The van der Waals surface area contributed by atoms with Crippen LogP contribution >= 0.6 is 0 Å². The molecule has 0 unspecified atom stereocenters. The molecule has 3 aliphatic carbocycles. The second-order valence-corrected chi connectivity index (χ2v) is 6.04. The molecular formula is C13H20N2O3. The minimum atomic E-state index is -0.998. The maximum Gasteiger partial charge on any atom is 0.329 e. The van der Waals surface area contributed by atoms with Gasteiger partial charge in [-0.25, -0.2) is 9.59 Å². The lowest BCUT2D eigenvalue weighted by Crippen LogP contribution is -2.62. The molecule has 3 aliphatic rings. The average molecular weight is 252 g/mol. The standard InChI is InChI=1S/C13H20N2O3/c16-11(17)13(6-1-7-13)15-12(18)14-10(8-2-3-8)9-4-5-9/h8-10H,1-7H2,(H,16,17)(H2,14,15,18). The highest BCUT2D eigenvalue weighted by Crippen LogP contribution is 2.44. The number of carbonyl (C=O) groups excluding carboxylic acids is 1. The molecule has 18 heavy (non-hydrogen) atoms. The van der Waals surface area contributed by atoms with Crippen molar-refractivity contribution in [1.29, 1.82) is 0 Å². The Bertz CT molecular complexity index is 358. The van der Waals surface area contributed by atoms with Crippen LogP contribution in [0.3, 0.4) is 0 Å². The summed E-state index contributed by atoms with van der Waals surface area (Å²) in [6, 6.07) is -0.0168. The van der Waals surface area contributed by atoms with Crippen molar-refractivity contribution < 1.29 is 14.7 Å². The number of rotatable bonds is 5. The van der Waals surface area contributed by atoms with Gasteiger partial charge in [0.1, 0.15) is 5.54 Å². The molecule has 0 radical (unpaired) electrons. The van der Waals surface area contributed by atoms with Crippen molar-refractivity contribution in [3.63, 3.8) is 0 Å². The number of carboxylic acid groups (broad SMARTS) is 1. The molecule has 2 amide bonds. The van der Waals surface area contributed by atoms with Gasteiger partial charge in [-0.05, 0) is 56.8 Å². The van der Waals surface area contributed by atoms with Crippen LogP contribution in [0.4, 0.5) is 4.79 Å². The van der Waals surface area contributed by atoms with Crippen LogP contribution in [0.1, 0.15) is 44.9 Å². The lowest BCUT2D eigenvalue weighted by molar-refractivity contribution is -0.148.